The van der Waals surface area contributed by atoms with Crippen LogP contribution in [0.1, 0.15) is 18.2 Å². The van der Waals surface area contributed by atoms with Crippen LogP contribution in [-0.2, 0) is 9.53 Å². The van der Waals surface area contributed by atoms with Crippen LogP contribution in [0.4, 0.5) is 0 Å². The fraction of sp³-hybridized carbons (Fsp3) is 0.500. The summed E-state index contributed by atoms with van der Waals surface area (Å²) in [5.41, 5.74) is 0.794. The third-order valence-electron chi connectivity index (χ3n) is 2.95. The Morgan fingerprint density at radius 1 is 1.50 bits per heavy atom. The van der Waals surface area contributed by atoms with E-state index in [9.17, 15) is 4.79 Å². The maximum Gasteiger partial charge on any atom is 0.305 e. The Labute approximate surface area is 114 Å². The van der Waals surface area contributed by atoms with E-state index in [0.717, 1.165) is 23.3 Å². The number of ether oxygens (including phenoxy) is 1. The first kappa shape index (κ1) is 13.5. The summed E-state index contributed by atoms with van der Waals surface area (Å²) in [5, 5.41) is 9.04. The molecule has 0 amide bonds. The minimum absolute atomic E-state index is 0.0641. The van der Waals surface area contributed by atoms with Gasteiger partial charge in [-0.05, 0) is 28.1 Å². The molecule has 1 saturated heterocycles. The topological polar surface area (TPSA) is 62.7 Å². The molecule has 6 heteroatoms. The summed E-state index contributed by atoms with van der Waals surface area (Å²) in [5.74, 6) is -0.809. The number of carboxylic acids is 1. The van der Waals surface area contributed by atoms with Crippen molar-refractivity contribution in [1.29, 1.82) is 0 Å². The fourth-order valence-corrected chi connectivity index (χ4v) is 2.29. The smallest absolute Gasteiger partial charge is 0.305 e. The second kappa shape index (κ2) is 6.26. The van der Waals surface area contributed by atoms with Crippen LogP contribution in [-0.4, -0.2) is 47.3 Å². The van der Waals surface area contributed by atoms with Crippen LogP contribution < -0.4 is 0 Å². The van der Waals surface area contributed by atoms with Crippen molar-refractivity contribution < 1.29 is 14.6 Å². The quantitative estimate of drug-likeness (QED) is 0.916. The fourth-order valence-electron chi connectivity index (χ4n) is 2.06. The SMILES string of the molecule is O=C(O)CC(c1ccc(Br)cn1)N1CCOCC1. The van der Waals surface area contributed by atoms with Gasteiger partial charge in [-0.3, -0.25) is 14.7 Å². The molecule has 5 nitrogen and oxygen atoms in total. The van der Waals surface area contributed by atoms with Crippen molar-refractivity contribution in [3.8, 4) is 0 Å². The average Bonchev–Trinajstić information content (AvgIpc) is 2.38. The number of pyridine rings is 1. The molecule has 1 aromatic heterocycles. The second-order valence-electron chi connectivity index (χ2n) is 4.16. The predicted molar refractivity (Wildman–Crippen MR) is 69.3 cm³/mol. The van der Waals surface area contributed by atoms with E-state index < -0.39 is 5.97 Å². The molecule has 1 unspecified atom stereocenters. The van der Waals surface area contributed by atoms with Crippen molar-refractivity contribution in [2.75, 3.05) is 26.3 Å². The third-order valence-corrected chi connectivity index (χ3v) is 3.42. The van der Waals surface area contributed by atoms with E-state index in [-0.39, 0.29) is 12.5 Å². The van der Waals surface area contributed by atoms with Gasteiger partial charge in [0.25, 0.3) is 0 Å². The molecular formula is C12H15BrN2O3. The molecule has 18 heavy (non-hydrogen) atoms. The van der Waals surface area contributed by atoms with Crippen molar-refractivity contribution in [2.24, 2.45) is 0 Å². The Bertz CT molecular complexity index is 404. The Balaban J connectivity index is 2.17. The second-order valence-corrected chi connectivity index (χ2v) is 5.08. The molecule has 1 aliphatic rings. The third kappa shape index (κ3) is 3.51. The molecular weight excluding hydrogens is 300 g/mol. The Kier molecular flexibility index (Phi) is 4.68. The summed E-state index contributed by atoms with van der Waals surface area (Å²) >= 11 is 3.33. The Morgan fingerprint density at radius 2 is 2.22 bits per heavy atom. The van der Waals surface area contributed by atoms with Gasteiger partial charge in [0.2, 0.25) is 0 Å². The molecule has 2 rings (SSSR count). The van der Waals surface area contributed by atoms with Crippen molar-refractivity contribution in [3.05, 3.63) is 28.5 Å². The summed E-state index contributed by atoms with van der Waals surface area (Å²) in [4.78, 5) is 17.4. The van der Waals surface area contributed by atoms with E-state index in [0.29, 0.717) is 13.2 Å². The van der Waals surface area contributed by atoms with Crippen LogP contribution in [0, 0.1) is 0 Å². The molecule has 0 spiro atoms. The van der Waals surface area contributed by atoms with Crippen molar-refractivity contribution >= 4 is 21.9 Å². The van der Waals surface area contributed by atoms with Gasteiger partial charge in [-0.1, -0.05) is 0 Å². The molecule has 0 aromatic carbocycles. The number of carbonyl (C=O) groups is 1. The first-order valence-corrected chi connectivity index (χ1v) is 6.61. The maximum atomic E-state index is 11.0. The predicted octanol–water partition coefficient (Wildman–Crippen LogP) is 1.69. The number of rotatable bonds is 4. The number of hydrogen-bond acceptors (Lipinski definition) is 4. The standard InChI is InChI=1S/C12H15BrN2O3/c13-9-1-2-10(14-8-9)11(7-12(16)17)15-3-5-18-6-4-15/h1-2,8,11H,3-7H2,(H,16,17). The van der Waals surface area contributed by atoms with Crippen molar-refractivity contribution in [1.82, 2.24) is 9.88 Å². The minimum atomic E-state index is -0.809. The van der Waals surface area contributed by atoms with Crippen LogP contribution in [0.25, 0.3) is 0 Å². The molecule has 98 valence electrons. The zero-order valence-electron chi connectivity index (χ0n) is 9.88. The molecule has 1 aliphatic heterocycles. The highest BCUT2D eigenvalue weighted by Gasteiger charge is 2.25. The van der Waals surface area contributed by atoms with Gasteiger partial charge in [-0.25, -0.2) is 0 Å². The summed E-state index contributed by atoms with van der Waals surface area (Å²) < 4.78 is 6.18. The lowest BCUT2D eigenvalue weighted by Crippen LogP contribution is -2.40. The molecule has 1 aromatic rings. The van der Waals surface area contributed by atoms with Crippen LogP contribution in [0.15, 0.2) is 22.8 Å². The summed E-state index contributed by atoms with van der Waals surface area (Å²) in [6.45, 7) is 2.78. The lowest BCUT2D eigenvalue weighted by Gasteiger charge is -2.33. The molecule has 0 radical (unpaired) electrons. The number of aromatic nitrogens is 1. The lowest BCUT2D eigenvalue weighted by molar-refractivity contribution is -0.139. The maximum absolute atomic E-state index is 11.0. The summed E-state index contributed by atoms with van der Waals surface area (Å²) in [6.07, 6.45) is 1.76. The highest BCUT2D eigenvalue weighted by atomic mass is 79.9. The normalized spacial score (nSPS) is 18.5. The van der Waals surface area contributed by atoms with E-state index in [1.807, 2.05) is 12.1 Å². The molecule has 0 saturated carbocycles. The number of morpholine rings is 1. The number of hydrogen-bond donors (Lipinski definition) is 1. The number of carboxylic acid groups (broad SMARTS) is 1. The lowest BCUT2D eigenvalue weighted by atomic mass is 10.1. The summed E-state index contributed by atoms with van der Waals surface area (Å²) in [6, 6.07) is 3.57. The van der Waals surface area contributed by atoms with Crippen molar-refractivity contribution in [2.45, 2.75) is 12.5 Å². The van der Waals surface area contributed by atoms with E-state index in [4.69, 9.17) is 9.84 Å². The van der Waals surface area contributed by atoms with E-state index >= 15 is 0 Å². The highest BCUT2D eigenvalue weighted by Crippen LogP contribution is 2.24. The molecule has 0 bridgehead atoms. The van der Waals surface area contributed by atoms with Crippen LogP contribution in [0.5, 0.6) is 0 Å². The molecule has 1 atom stereocenters. The first-order chi connectivity index (χ1) is 8.66. The summed E-state index contributed by atoms with van der Waals surface area (Å²) in [7, 11) is 0. The highest BCUT2D eigenvalue weighted by molar-refractivity contribution is 9.10. The largest absolute Gasteiger partial charge is 0.481 e. The first-order valence-electron chi connectivity index (χ1n) is 5.82. The number of aliphatic carboxylic acids is 1. The van der Waals surface area contributed by atoms with Gasteiger partial charge in [0.05, 0.1) is 31.4 Å². The molecule has 1 fully saturated rings. The van der Waals surface area contributed by atoms with Gasteiger partial charge >= 0.3 is 5.97 Å². The van der Waals surface area contributed by atoms with Gasteiger partial charge < -0.3 is 9.84 Å². The Hall–Kier alpha value is -0.980. The minimum Gasteiger partial charge on any atom is -0.481 e. The number of halogens is 1. The zero-order valence-corrected chi connectivity index (χ0v) is 11.5. The van der Waals surface area contributed by atoms with Crippen LogP contribution >= 0.6 is 15.9 Å². The van der Waals surface area contributed by atoms with E-state index in [2.05, 4.69) is 25.8 Å². The Morgan fingerprint density at radius 3 is 2.78 bits per heavy atom. The zero-order chi connectivity index (χ0) is 13.0. The van der Waals surface area contributed by atoms with E-state index in [1.165, 1.54) is 0 Å². The molecule has 1 N–H and O–H groups in total. The van der Waals surface area contributed by atoms with Gasteiger partial charge in [0.1, 0.15) is 0 Å². The van der Waals surface area contributed by atoms with Crippen molar-refractivity contribution in [3.63, 3.8) is 0 Å². The van der Waals surface area contributed by atoms with Gasteiger partial charge in [-0.15, -0.1) is 0 Å². The molecule has 2 heterocycles. The van der Waals surface area contributed by atoms with Gasteiger partial charge in [-0.2, -0.15) is 0 Å². The monoisotopic (exact) mass is 314 g/mol. The van der Waals surface area contributed by atoms with Crippen LogP contribution in [0.3, 0.4) is 0 Å². The number of nitrogens with zero attached hydrogens (tertiary/aromatic N) is 2. The average molecular weight is 315 g/mol. The van der Waals surface area contributed by atoms with Gasteiger partial charge in [0.15, 0.2) is 0 Å². The van der Waals surface area contributed by atoms with E-state index in [1.54, 1.807) is 6.20 Å². The molecule has 0 aliphatic carbocycles. The van der Waals surface area contributed by atoms with Gasteiger partial charge in [0, 0.05) is 23.8 Å². The van der Waals surface area contributed by atoms with Crippen LogP contribution in [0.2, 0.25) is 0 Å².